The fourth-order valence-electron chi connectivity index (χ4n) is 3.59. The lowest BCUT2D eigenvalue weighted by Crippen LogP contribution is -2.50. The molecule has 0 bridgehead atoms. The Morgan fingerprint density at radius 1 is 0.938 bits per heavy atom. The molecule has 1 aromatic heterocycles. The number of carbonyl (C=O) groups excluding carboxylic acids is 2. The van der Waals surface area contributed by atoms with E-state index in [0.29, 0.717) is 49.1 Å². The van der Waals surface area contributed by atoms with Crippen LogP contribution in [0.1, 0.15) is 23.7 Å². The predicted octanol–water partition coefficient (Wildman–Crippen LogP) is 4.24. The van der Waals surface area contributed by atoms with Crippen LogP contribution in [-0.4, -0.2) is 57.8 Å². The largest absolute Gasteiger partial charge is 0.339 e. The van der Waals surface area contributed by atoms with Crippen molar-refractivity contribution in [1.29, 1.82) is 0 Å². The third-order valence-electron chi connectivity index (χ3n) is 5.41. The van der Waals surface area contributed by atoms with Crippen LogP contribution in [0.3, 0.4) is 0 Å². The van der Waals surface area contributed by atoms with E-state index in [9.17, 15) is 9.59 Å². The zero-order valence-electron chi connectivity index (χ0n) is 17.8. The monoisotopic (exact) mass is 449 g/mol. The number of piperazine rings is 1. The number of anilines is 2. The fraction of sp³-hybridized carbons (Fsp3) is 0.250. The Labute approximate surface area is 192 Å². The van der Waals surface area contributed by atoms with Gasteiger partial charge >= 0.3 is 0 Å². The van der Waals surface area contributed by atoms with E-state index in [4.69, 9.17) is 11.6 Å². The quantitative estimate of drug-likeness (QED) is 0.630. The predicted molar refractivity (Wildman–Crippen MR) is 125 cm³/mol. The first-order valence-corrected chi connectivity index (χ1v) is 10.9. The standard InChI is InChI=1S/C24H24ClN5O2/c1-2-22(31)29-13-15-30(16-14-29)23(32)18-5-9-20(10-6-18)27-24-26-12-11-21(28-24)17-3-7-19(25)8-4-17/h3-12H,2,13-16H2,1H3,(H,26,27,28). The number of nitrogens with one attached hydrogen (secondary N) is 1. The summed E-state index contributed by atoms with van der Waals surface area (Å²) in [6.07, 6.45) is 2.19. The summed E-state index contributed by atoms with van der Waals surface area (Å²) >= 11 is 5.96. The molecule has 7 nitrogen and oxygen atoms in total. The molecule has 0 atom stereocenters. The highest BCUT2D eigenvalue weighted by Crippen LogP contribution is 2.22. The summed E-state index contributed by atoms with van der Waals surface area (Å²) in [4.78, 5) is 37.1. The fourth-order valence-corrected chi connectivity index (χ4v) is 3.72. The van der Waals surface area contributed by atoms with Gasteiger partial charge in [0.1, 0.15) is 0 Å². The molecule has 1 saturated heterocycles. The van der Waals surface area contributed by atoms with E-state index < -0.39 is 0 Å². The molecule has 32 heavy (non-hydrogen) atoms. The molecule has 0 unspecified atom stereocenters. The highest BCUT2D eigenvalue weighted by molar-refractivity contribution is 6.30. The van der Waals surface area contributed by atoms with Crippen molar-refractivity contribution in [2.45, 2.75) is 13.3 Å². The number of amides is 2. The topological polar surface area (TPSA) is 78.4 Å². The number of nitrogens with zero attached hydrogens (tertiary/aromatic N) is 4. The van der Waals surface area contributed by atoms with Gasteiger partial charge in [0.15, 0.2) is 0 Å². The second-order valence-corrected chi connectivity index (χ2v) is 7.94. The summed E-state index contributed by atoms with van der Waals surface area (Å²) in [5.41, 5.74) is 3.13. The number of halogens is 1. The molecule has 1 fully saturated rings. The van der Waals surface area contributed by atoms with Gasteiger partial charge in [0.2, 0.25) is 11.9 Å². The number of aromatic nitrogens is 2. The van der Waals surface area contributed by atoms with Gasteiger partial charge < -0.3 is 15.1 Å². The molecule has 0 saturated carbocycles. The molecule has 3 aromatic rings. The molecule has 0 aliphatic carbocycles. The first kappa shape index (κ1) is 21.8. The summed E-state index contributed by atoms with van der Waals surface area (Å²) < 4.78 is 0. The van der Waals surface area contributed by atoms with E-state index in [1.807, 2.05) is 54.3 Å². The van der Waals surface area contributed by atoms with E-state index >= 15 is 0 Å². The Bertz CT molecular complexity index is 1090. The van der Waals surface area contributed by atoms with Crippen molar-refractivity contribution in [1.82, 2.24) is 19.8 Å². The van der Waals surface area contributed by atoms with E-state index in [-0.39, 0.29) is 11.8 Å². The molecule has 2 heterocycles. The molecular weight excluding hydrogens is 426 g/mol. The maximum Gasteiger partial charge on any atom is 0.253 e. The molecule has 1 aliphatic rings. The SMILES string of the molecule is CCC(=O)N1CCN(C(=O)c2ccc(Nc3nccc(-c4ccc(Cl)cc4)n3)cc2)CC1. The summed E-state index contributed by atoms with van der Waals surface area (Å²) in [7, 11) is 0. The molecular formula is C24H24ClN5O2. The van der Waals surface area contributed by atoms with Crippen LogP contribution in [0.15, 0.2) is 60.8 Å². The lowest BCUT2D eigenvalue weighted by atomic mass is 10.1. The second-order valence-electron chi connectivity index (χ2n) is 7.50. The molecule has 1 N–H and O–H groups in total. The van der Waals surface area contributed by atoms with Crippen LogP contribution < -0.4 is 5.32 Å². The van der Waals surface area contributed by atoms with Crippen LogP contribution in [-0.2, 0) is 4.79 Å². The van der Waals surface area contributed by atoms with Crippen molar-refractivity contribution in [3.8, 4) is 11.3 Å². The molecule has 0 radical (unpaired) electrons. The zero-order chi connectivity index (χ0) is 22.5. The van der Waals surface area contributed by atoms with E-state index in [1.54, 1.807) is 23.2 Å². The molecule has 2 aromatic carbocycles. The molecule has 4 rings (SSSR count). The van der Waals surface area contributed by atoms with E-state index in [0.717, 1.165) is 16.9 Å². The maximum absolute atomic E-state index is 12.8. The summed E-state index contributed by atoms with van der Waals surface area (Å²) in [6, 6.07) is 16.6. The Balaban J connectivity index is 1.39. The van der Waals surface area contributed by atoms with Crippen molar-refractivity contribution in [3.63, 3.8) is 0 Å². The van der Waals surface area contributed by atoms with Crippen LogP contribution in [0.25, 0.3) is 11.3 Å². The van der Waals surface area contributed by atoms with Crippen molar-refractivity contribution in [2.24, 2.45) is 0 Å². The molecule has 8 heteroatoms. The smallest absolute Gasteiger partial charge is 0.253 e. The zero-order valence-corrected chi connectivity index (χ0v) is 18.5. The second kappa shape index (κ2) is 9.78. The maximum atomic E-state index is 12.8. The van der Waals surface area contributed by atoms with Crippen molar-refractivity contribution in [3.05, 3.63) is 71.4 Å². The Morgan fingerprint density at radius 3 is 2.25 bits per heavy atom. The van der Waals surface area contributed by atoms with Gasteiger partial charge in [0, 0.05) is 60.6 Å². The van der Waals surface area contributed by atoms with Gasteiger partial charge in [0.25, 0.3) is 5.91 Å². The van der Waals surface area contributed by atoms with Gasteiger partial charge in [-0.3, -0.25) is 9.59 Å². The van der Waals surface area contributed by atoms with Gasteiger partial charge in [-0.2, -0.15) is 0 Å². The van der Waals surface area contributed by atoms with Crippen molar-refractivity contribution < 1.29 is 9.59 Å². The average molecular weight is 450 g/mol. The first-order chi connectivity index (χ1) is 15.5. The minimum Gasteiger partial charge on any atom is -0.339 e. The minimum absolute atomic E-state index is 0.0267. The summed E-state index contributed by atoms with van der Waals surface area (Å²) in [6.45, 7) is 4.12. The summed E-state index contributed by atoms with van der Waals surface area (Å²) in [5, 5.41) is 3.85. The van der Waals surface area contributed by atoms with Gasteiger partial charge in [-0.15, -0.1) is 0 Å². The minimum atomic E-state index is -0.0267. The van der Waals surface area contributed by atoms with Crippen molar-refractivity contribution in [2.75, 3.05) is 31.5 Å². The van der Waals surface area contributed by atoms with Gasteiger partial charge in [-0.05, 0) is 42.5 Å². The Kier molecular flexibility index (Phi) is 6.66. The van der Waals surface area contributed by atoms with Crippen LogP contribution >= 0.6 is 11.6 Å². The van der Waals surface area contributed by atoms with E-state index in [2.05, 4.69) is 15.3 Å². The number of hydrogen-bond acceptors (Lipinski definition) is 5. The summed E-state index contributed by atoms with van der Waals surface area (Å²) in [5.74, 6) is 0.573. The van der Waals surface area contributed by atoms with Crippen LogP contribution in [0.2, 0.25) is 5.02 Å². The lowest BCUT2D eigenvalue weighted by molar-refractivity contribution is -0.132. The number of benzene rings is 2. The highest BCUT2D eigenvalue weighted by Gasteiger charge is 2.24. The molecule has 164 valence electrons. The van der Waals surface area contributed by atoms with Gasteiger partial charge in [0.05, 0.1) is 5.69 Å². The third kappa shape index (κ3) is 5.06. The first-order valence-electron chi connectivity index (χ1n) is 10.6. The van der Waals surface area contributed by atoms with Crippen LogP contribution in [0.5, 0.6) is 0 Å². The average Bonchev–Trinajstić information content (AvgIpc) is 2.84. The molecule has 2 amide bonds. The highest BCUT2D eigenvalue weighted by atomic mass is 35.5. The number of rotatable bonds is 5. The number of carbonyl (C=O) groups is 2. The van der Waals surface area contributed by atoms with Gasteiger partial charge in [-0.25, -0.2) is 9.97 Å². The third-order valence-corrected chi connectivity index (χ3v) is 5.66. The molecule has 1 aliphatic heterocycles. The lowest BCUT2D eigenvalue weighted by Gasteiger charge is -2.34. The van der Waals surface area contributed by atoms with Crippen molar-refractivity contribution >= 4 is 35.1 Å². The van der Waals surface area contributed by atoms with E-state index in [1.165, 1.54) is 0 Å². The normalized spacial score (nSPS) is 13.7. The Morgan fingerprint density at radius 2 is 1.59 bits per heavy atom. The van der Waals surface area contributed by atoms with Crippen LogP contribution in [0.4, 0.5) is 11.6 Å². The Hall–Kier alpha value is -3.45. The van der Waals surface area contributed by atoms with Crippen LogP contribution in [0, 0.1) is 0 Å². The molecule has 0 spiro atoms. The number of hydrogen-bond donors (Lipinski definition) is 1. The van der Waals surface area contributed by atoms with Gasteiger partial charge in [-0.1, -0.05) is 30.7 Å².